The third kappa shape index (κ3) is 4.96. The molecular formula is C36H58O9. The summed E-state index contributed by atoms with van der Waals surface area (Å²) in [4.78, 5) is 25.8. The number of hydrogen-bond acceptors (Lipinski definition) is 8. The number of aliphatic hydroxyl groups is 3. The minimum absolute atomic E-state index is 0.160. The fourth-order valence-electron chi connectivity index (χ4n) is 11.6. The van der Waals surface area contributed by atoms with Crippen LogP contribution < -0.4 is 0 Å². The highest BCUT2D eigenvalue weighted by molar-refractivity contribution is 5.73. The Hall–Kier alpha value is -1.52. The molecule has 4 aliphatic carbocycles. The van der Waals surface area contributed by atoms with Crippen molar-refractivity contribution in [3.8, 4) is 0 Å². The molecule has 5 aliphatic rings. The lowest BCUT2D eigenvalue weighted by Gasteiger charge is -2.71. The van der Waals surface area contributed by atoms with E-state index >= 15 is 0 Å². The number of rotatable bonds is 9. The lowest BCUT2D eigenvalue weighted by molar-refractivity contribution is -0.275. The van der Waals surface area contributed by atoms with Crippen molar-refractivity contribution in [1.29, 1.82) is 0 Å². The topological polar surface area (TPSA) is 143 Å². The first-order valence-corrected chi connectivity index (χ1v) is 17.1. The highest BCUT2D eigenvalue weighted by Gasteiger charge is 2.72. The first kappa shape index (κ1) is 34.8. The average molecular weight is 635 g/mol. The van der Waals surface area contributed by atoms with E-state index in [9.17, 15) is 30.0 Å². The molecule has 9 nitrogen and oxygen atoms in total. The smallest absolute Gasteiger partial charge is 0.307 e. The van der Waals surface area contributed by atoms with Crippen LogP contribution in [0.5, 0.6) is 0 Å². The van der Waals surface area contributed by atoms with Crippen molar-refractivity contribution in [1.82, 2.24) is 0 Å². The quantitative estimate of drug-likeness (QED) is 0.211. The molecule has 1 aliphatic heterocycles. The maximum Gasteiger partial charge on any atom is 0.307 e. The zero-order valence-electron chi connectivity index (χ0n) is 28.7. The number of ether oxygens (including phenoxy) is 3. The zero-order chi connectivity index (χ0) is 33.4. The Kier molecular flexibility index (Phi) is 8.95. The number of carboxylic acid groups (broad SMARTS) is 1. The van der Waals surface area contributed by atoms with Crippen molar-refractivity contribution in [3.63, 3.8) is 0 Å². The number of carbonyl (C=O) groups is 2. The zero-order valence-corrected chi connectivity index (χ0v) is 28.7. The van der Waals surface area contributed by atoms with E-state index in [0.29, 0.717) is 32.0 Å². The summed E-state index contributed by atoms with van der Waals surface area (Å²) in [6.45, 7) is 16.3. The molecule has 3 saturated carbocycles. The minimum atomic E-state index is -1.81. The van der Waals surface area contributed by atoms with E-state index < -0.39 is 65.1 Å². The number of aliphatic carboxylic acids is 1. The highest BCUT2D eigenvalue weighted by Crippen LogP contribution is 2.75. The highest BCUT2D eigenvalue weighted by atomic mass is 16.6. The van der Waals surface area contributed by atoms with Gasteiger partial charge in [-0.1, -0.05) is 60.1 Å². The van der Waals surface area contributed by atoms with Gasteiger partial charge in [0.15, 0.2) is 0 Å². The first-order chi connectivity index (χ1) is 20.9. The molecule has 1 heterocycles. The second-order valence-corrected chi connectivity index (χ2v) is 17.0. The number of carbonyl (C=O) groups excluding carboxylic acids is 1. The van der Waals surface area contributed by atoms with E-state index in [1.165, 1.54) is 12.5 Å². The number of hydrogen-bond donors (Lipinski definition) is 4. The van der Waals surface area contributed by atoms with Crippen LogP contribution in [0.15, 0.2) is 11.6 Å². The van der Waals surface area contributed by atoms with Gasteiger partial charge in [0.05, 0.1) is 39.0 Å². The van der Waals surface area contributed by atoms with Crippen LogP contribution >= 0.6 is 0 Å². The van der Waals surface area contributed by atoms with Gasteiger partial charge in [-0.15, -0.1) is 0 Å². The van der Waals surface area contributed by atoms with Crippen molar-refractivity contribution in [2.75, 3.05) is 33.0 Å². The third-order valence-electron chi connectivity index (χ3n) is 14.5. The van der Waals surface area contributed by atoms with Crippen LogP contribution in [0.1, 0.15) is 93.9 Å². The summed E-state index contributed by atoms with van der Waals surface area (Å²) in [6.07, 6.45) is 6.00. The fourth-order valence-corrected chi connectivity index (χ4v) is 11.6. The maximum absolute atomic E-state index is 13.3. The summed E-state index contributed by atoms with van der Waals surface area (Å²) in [6, 6.07) is 0. The number of carboxylic acids is 1. The van der Waals surface area contributed by atoms with Gasteiger partial charge < -0.3 is 34.6 Å². The van der Waals surface area contributed by atoms with E-state index in [-0.39, 0.29) is 35.2 Å². The molecule has 0 aromatic heterocycles. The van der Waals surface area contributed by atoms with Crippen LogP contribution in [0, 0.1) is 56.7 Å². The van der Waals surface area contributed by atoms with Crippen LogP contribution in [0.4, 0.5) is 0 Å². The van der Waals surface area contributed by atoms with Gasteiger partial charge in [0, 0.05) is 17.8 Å². The fraction of sp³-hybridized carbons (Fsp3) is 0.889. The van der Waals surface area contributed by atoms with Gasteiger partial charge in [-0.2, -0.15) is 0 Å². The number of allylic oxidation sites excluding steroid dienone is 1. The standard InChI is InChI=1S/C36H58O9/c1-21(2)22(3)31(5)13-14-33(7)24-9-10-27-32(6)18-43-20-36(27,25(24)11-12-34(33,8)28(31)30(40)41)15-26(45-23(4)39)29(32)44-19-35(42,16-37)17-38/h11,21-22,24,26-29,37-38,42H,9-10,12-20H2,1-8H3,(H,40,41)/t22-,24+,26-,27+,28-,29+,31-,32-,33-,34+,36?/m1/s1. The summed E-state index contributed by atoms with van der Waals surface area (Å²) in [7, 11) is 0. The molecule has 2 bridgehead atoms. The summed E-state index contributed by atoms with van der Waals surface area (Å²) < 4.78 is 18.8. The van der Waals surface area contributed by atoms with Crippen molar-refractivity contribution < 1.29 is 44.2 Å². The second-order valence-electron chi connectivity index (χ2n) is 17.0. The van der Waals surface area contributed by atoms with Crippen LogP contribution in [0.2, 0.25) is 0 Å². The van der Waals surface area contributed by atoms with Crippen LogP contribution in [0.3, 0.4) is 0 Å². The second kappa shape index (κ2) is 11.6. The average Bonchev–Trinajstić information content (AvgIpc) is 2.96. The molecule has 4 fully saturated rings. The molecule has 9 heteroatoms. The Balaban J connectivity index is 1.58. The summed E-state index contributed by atoms with van der Waals surface area (Å²) in [5.74, 6) is -0.583. The minimum Gasteiger partial charge on any atom is -0.481 e. The summed E-state index contributed by atoms with van der Waals surface area (Å²) in [5, 5.41) is 41.0. The van der Waals surface area contributed by atoms with E-state index in [0.717, 1.165) is 25.7 Å². The van der Waals surface area contributed by atoms with Crippen LogP contribution in [-0.2, 0) is 23.8 Å². The Morgan fingerprint density at radius 2 is 1.71 bits per heavy atom. The van der Waals surface area contributed by atoms with Gasteiger partial charge >= 0.3 is 11.9 Å². The molecule has 11 atom stereocenters. The first-order valence-electron chi connectivity index (χ1n) is 17.1. The Morgan fingerprint density at radius 3 is 2.29 bits per heavy atom. The van der Waals surface area contributed by atoms with Crippen molar-refractivity contribution in [2.24, 2.45) is 56.7 Å². The Labute approximate surface area is 269 Å². The predicted octanol–water partition coefficient (Wildman–Crippen LogP) is 4.61. The summed E-state index contributed by atoms with van der Waals surface area (Å²) in [5.41, 5.74) is -2.40. The molecule has 0 amide bonds. The van der Waals surface area contributed by atoms with Gasteiger partial charge in [0.25, 0.3) is 0 Å². The summed E-state index contributed by atoms with van der Waals surface area (Å²) >= 11 is 0. The van der Waals surface area contributed by atoms with Crippen molar-refractivity contribution in [2.45, 2.75) is 112 Å². The number of esters is 1. The molecule has 4 N–H and O–H groups in total. The molecule has 0 aromatic carbocycles. The molecule has 1 saturated heterocycles. The number of fused-ring (bicyclic) bond motifs is 3. The van der Waals surface area contributed by atoms with E-state index in [4.69, 9.17) is 14.2 Å². The largest absolute Gasteiger partial charge is 0.481 e. The van der Waals surface area contributed by atoms with Crippen LogP contribution in [-0.4, -0.2) is 83.2 Å². The van der Waals surface area contributed by atoms with E-state index in [2.05, 4.69) is 54.5 Å². The SMILES string of the molecule is CC(=O)O[C@@H]1CC23COC[C@](C)([C@@H]2CC[C@H]2C3=CC[C@@]3(C)[C@H](C(=O)O)[C@@](C)([C@H](C)C(C)C)CC[C@]23C)[C@H]1OCC(O)(CO)CO. The van der Waals surface area contributed by atoms with Gasteiger partial charge in [-0.05, 0) is 78.4 Å². The van der Waals surface area contributed by atoms with Crippen molar-refractivity contribution >= 4 is 11.9 Å². The monoisotopic (exact) mass is 634 g/mol. The predicted molar refractivity (Wildman–Crippen MR) is 168 cm³/mol. The van der Waals surface area contributed by atoms with Gasteiger partial charge in [-0.25, -0.2) is 0 Å². The molecule has 0 radical (unpaired) electrons. The van der Waals surface area contributed by atoms with Gasteiger partial charge in [0.2, 0.25) is 0 Å². The Morgan fingerprint density at radius 1 is 1.04 bits per heavy atom. The third-order valence-corrected chi connectivity index (χ3v) is 14.5. The van der Waals surface area contributed by atoms with Crippen molar-refractivity contribution in [3.05, 3.63) is 11.6 Å². The molecule has 5 rings (SSSR count). The maximum atomic E-state index is 13.3. The molecule has 45 heavy (non-hydrogen) atoms. The molecule has 0 spiro atoms. The molecule has 0 aromatic rings. The van der Waals surface area contributed by atoms with Crippen LogP contribution in [0.25, 0.3) is 0 Å². The van der Waals surface area contributed by atoms with Gasteiger partial charge in [-0.3, -0.25) is 9.59 Å². The normalized spacial score (nSPS) is 45.1. The van der Waals surface area contributed by atoms with E-state index in [1.54, 1.807) is 0 Å². The molecular weight excluding hydrogens is 576 g/mol. The van der Waals surface area contributed by atoms with E-state index in [1.807, 2.05) is 0 Å². The lowest BCUT2D eigenvalue weighted by atomic mass is 9.34. The number of aliphatic hydroxyl groups excluding tert-OH is 2. The Bertz CT molecular complexity index is 1190. The van der Waals surface area contributed by atoms with Gasteiger partial charge in [0.1, 0.15) is 17.8 Å². The lowest BCUT2D eigenvalue weighted by Crippen LogP contribution is -2.70. The molecule has 256 valence electrons. The molecule has 1 unspecified atom stereocenters.